The van der Waals surface area contributed by atoms with Gasteiger partial charge in [0.1, 0.15) is 5.82 Å². The Morgan fingerprint density at radius 3 is 2.30 bits per heavy atom. The number of piperazine rings is 1. The SMILES string of the molecule is CN1CCN(c2cc(CNC(=O)CNC(=O)c3ccc(-c4ccccc4)cc3)ccn2)CC1. The molecule has 0 spiro atoms. The van der Waals surface area contributed by atoms with Crippen LogP contribution in [0.3, 0.4) is 0 Å². The van der Waals surface area contributed by atoms with Gasteiger partial charge in [-0.05, 0) is 48.0 Å². The van der Waals surface area contributed by atoms with Crippen LogP contribution >= 0.6 is 0 Å². The zero-order valence-electron chi connectivity index (χ0n) is 18.8. The lowest BCUT2D eigenvalue weighted by Gasteiger charge is -2.33. The highest BCUT2D eigenvalue weighted by Gasteiger charge is 2.15. The van der Waals surface area contributed by atoms with E-state index in [1.807, 2.05) is 54.6 Å². The number of benzene rings is 2. The van der Waals surface area contributed by atoms with Gasteiger partial charge in [-0.3, -0.25) is 9.59 Å². The summed E-state index contributed by atoms with van der Waals surface area (Å²) in [6, 6.07) is 21.2. The zero-order chi connectivity index (χ0) is 23.0. The second-order valence-electron chi connectivity index (χ2n) is 8.22. The molecule has 0 aliphatic carbocycles. The fraction of sp³-hybridized carbons (Fsp3) is 0.269. The van der Waals surface area contributed by atoms with Crippen LogP contribution in [0.15, 0.2) is 72.9 Å². The maximum absolute atomic E-state index is 12.4. The number of anilines is 1. The summed E-state index contributed by atoms with van der Waals surface area (Å²) in [5, 5.41) is 5.55. The number of carbonyl (C=O) groups is 2. The van der Waals surface area contributed by atoms with Crippen molar-refractivity contribution < 1.29 is 9.59 Å². The summed E-state index contributed by atoms with van der Waals surface area (Å²) in [4.78, 5) is 33.7. The number of rotatable bonds is 7. The summed E-state index contributed by atoms with van der Waals surface area (Å²) in [7, 11) is 2.12. The molecule has 0 saturated carbocycles. The van der Waals surface area contributed by atoms with Crippen molar-refractivity contribution in [3.8, 4) is 11.1 Å². The molecule has 0 bridgehead atoms. The fourth-order valence-corrected chi connectivity index (χ4v) is 3.75. The Kier molecular flexibility index (Phi) is 7.32. The molecule has 7 nitrogen and oxygen atoms in total. The third-order valence-corrected chi connectivity index (χ3v) is 5.79. The maximum atomic E-state index is 12.4. The number of hydrogen-bond donors (Lipinski definition) is 2. The molecule has 1 aliphatic rings. The summed E-state index contributed by atoms with van der Waals surface area (Å²) in [5.41, 5.74) is 3.64. The van der Waals surface area contributed by atoms with Gasteiger partial charge in [-0.15, -0.1) is 0 Å². The molecule has 3 aromatic rings. The van der Waals surface area contributed by atoms with Crippen molar-refractivity contribution >= 4 is 17.6 Å². The van der Waals surface area contributed by atoms with Gasteiger partial charge in [0.05, 0.1) is 6.54 Å². The van der Waals surface area contributed by atoms with E-state index in [2.05, 4.69) is 32.5 Å². The highest BCUT2D eigenvalue weighted by Crippen LogP contribution is 2.19. The monoisotopic (exact) mass is 443 g/mol. The molecule has 2 N–H and O–H groups in total. The number of nitrogens with zero attached hydrogens (tertiary/aromatic N) is 3. The molecule has 1 aromatic heterocycles. The van der Waals surface area contributed by atoms with E-state index in [-0.39, 0.29) is 18.4 Å². The van der Waals surface area contributed by atoms with Crippen LogP contribution in [0.5, 0.6) is 0 Å². The summed E-state index contributed by atoms with van der Waals surface area (Å²) >= 11 is 0. The Morgan fingerprint density at radius 2 is 1.58 bits per heavy atom. The van der Waals surface area contributed by atoms with Crippen molar-refractivity contribution in [2.24, 2.45) is 0 Å². The molecule has 7 heteroatoms. The molecular formula is C26H29N5O2. The molecule has 4 rings (SSSR count). The van der Waals surface area contributed by atoms with Gasteiger partial charge in [0, 0.05) is 44.5 Å². The van der Waals surface area contributed by atoms with Gasteiger partial charge < -0.3 is 20.4 Å². The van der Waals surface area contributed by atoms with Gasteiger partial charge in [-0.1, -0.05) is 42.5 Å². The lowest BCUT2D eigenvalue weighted by Crippen LogP contribution is -2.44. The van der Waals surface area contributed by atoms with Crippen molar-refractivity contribution in [2.45, 2.75) is 6.54 Å². The van der Waals surface area contributed by atoms with Crippen molar-refractivity contribution in [3.05, 3.63) is 84.1 Å². The first-order valence-electron chi connectivity index (χ1n) is 11.2. The third-order valence-electron chi connectivity index (χ3n) is 5.79. The van der Waals surface area contributed by atoms with Gasteiger partial charge >= 0.3 is 0 Å². The number of carbonyl (C=O) groups excluding carboxylic acids is 2. The van der Waals surface area contributed by atoms with Crippen molar-refractivity contribution in [3.63, 3.8) is 0 Å². The van der Waals surface area contributed by atoms with Gasteiger partial charge in [-0.25, -0.2) is 4.98 Å². The summed E-state index contributed by atoms with van der Waals surface area (Å²) in [6.07, 6.45) is 1.77. The van der Waals surface area contributed by atoms with E-state index in [1.165, 1.54) is 0 Å². The molecule has 0 unspecified atom stereocenters. The summed E-state index contributed by atoms with van der Waals surface area (Å²) in [5.74, 6) is 0.426. The first-order valence-corrected chi connectivity index (χ1v) is 11.2. The van der Waals surface area contributed by atoms with E-state index in [1.54, 1.807) is 18.3 Å². The zero-order valence-corrected chi connectivity index (χ0v) is 18.8. The van der Waals surface area contributed by atoms with Crippen LogP contribution in [0, 0.1) is 0 Å². The second-order valence-corrected chi connectivity index (χ2v) is 8.22. The van der Waals surface area contributed by atoms with Crippen LogP contribution in [-0.4, -0.2) is 61.5 Å². The molecule has 0 atom stereocenters. The number of amides is 2. The van der Waals surface area contributed by atoms with Crippen molar-refractivity contribution in [1.82, 2.24) is 20.5 Å². The largest absolute Gasteiger partial charge is 0.354 e. The Hall–Kier alpha value is -3.71. The van der Waals surface area contributed by atoms with Crippen molar-refractivity contribution in [2.75, 3.05) is 44.7 Å². The Bertz CT molecular complexity index is 1080. The quantitative estimate of drug-likeness (QED) is 0.587. The molecule has 2 heterocycles. The Labute approximate surface area is 194 Å². The molecule has 170 valence electrons. The van der Waals surface area contributed by atoms with Gasteiger partial charge in [0.15, 0.2) is 0 Å². The van der Waals surface area contributed by atoms with Crippen LogP contribution in [-0.2, 0) is 11.3 Å². The summed E-state index contributed by atoms with van der Waals surface area (Å²) < 4.78 is 0. The van der Waals surface area contributed by atoms with E-state index in [4.69, 9.17) is 0 Å². The van der Waals surface area contributed by atoms with Gasteiger partial charge in [0.2, 0.25) is 5.91 Å². The standard InChI is InChI=1S/C26H29N5O2/c1-30-13-15-31(16-14-30)24-17-20(11-12-27-24)18-28-25(32)19-29-26(33)23-9-7-22(8-10-23)21-5-3-2-4-6-21/h2-12,17H,13-16,18-19H2,1H3,(H,28,32)(H,29,33). The minimum atomic E-state index is -0.272. The third kappa shape index (κ3) is 6.17. The number of likely N-dealkylation sites (N-methyl/N-ethyl adjacent to an activating group) is 1. The highest BCUT2D eigenvalue weighted by atomic mass is 16.2. The molecule has 1 fully saturated rings. The Morgan fingerprint density at radius 1 is 0.879 bits per heavy atom. The average Bonchev–Trinajstić information content (AvgIpc) is 2.87. The predicted octanol–water partition coefficient (Wildman–Crippen LogP) is 2.55. The Balaban J connectivity index is 1.24. The average molecular weight is 444 g/mol. The van der Waals surface area contributed by atoms with Crippen molar-refractivity contribution in [1.29, 1.82) is 0 Å². The highest BCUT2D eigenvalue weighted by molar-refractivity contribution is 5.96. The fourth-order valence-electron chi connectivity index (χ4n) is 3.75. The van der Waals surface area contributed by atoms with Crippen LogP contribution < -0.4 is 15.5 Å². The number of aromatic nitrogens is 1. The van der Waals surface area contributed by atoms with E-state index in [0.29, 0.717) is 12.1 Å². The lowest BCUT2D eigenvalue weighted by atomic mass is 10.0. The van der Waals surface area contributed by atoms with Crippen LogP contribution in [0.1, 0.15) is 15.9 Å². The van der Waals surface area contributed by atoms with E-state index >= 15 is 0 Å². The van der Waals surface area contributed by atoms with Gasteiger partial charge in [-0.2, -0.15) is 0 Å². The molecule has 2 aromatic carbocycles. The number of pyridine rings is 1. The molecule has 1 saturated heterocycles. The van der Waals surface area contributed by atoms with E-state index in [9.17, 15) is 9.59 Å². The van der Waals surface area contributed by atoms with Crippen LogP contribution in [0.4, 0.5) is 5.82 Å². The first-order chi connectivity index (χ1) is 16.1. The molecule has 1 aliphatic heterocycles. The van der Waals surface area contributed by atoms with Crippen LogP contribution in [0.2, 0.25) is 0 Å². The summed E-state index contributed by atoms with van der Waals surface area (Å²) in [6.45, 7) is 4.23. The molecule has 0 radical (unpaired) electrons. The van der Waals surface area contributed by atoms with Crippen LogP contribution in [0.25, 0.3) is 11.1 Å². The lowest BCUT2D eigenvalue weighted by molar-refractivity contribution is -0.120. The van der Waals surface area contributed by atoms with E-state index < -0.39 is 0 Å². The minimum absolute atomic E-state index is 0.0737. The number of nitrogens with one attached hydrogen (secondary N) is 2. The topological polar surface area (TPSA) is 77.6 Å². The van der Waals surface area contributed by atoms with Gasteiger partial charge in [0.25, 0.3) is 5.91 Å². The normalized spacial score (nSPS) is 14.0. The smallest absolute Gasteiger partial charge is 0.251 e. The van der Waals surface area contributed by atoms with E-state index in [0.717, 1.165) is 48.7 Å². The maximum Gasteiger partial charge on any atom is 0.251 e. The number of hydrogen-bond acceptors (Lipinski definition) is 5. The molecular weight excluding hydrogens is 414 g/mol. The second kappa shape index (κ2) is 10.7. The first kappa shape index (κ1) is 22.5. The molecule has 2 amide bonds. The predicted molar refractivity (Wildman–Crippen MR) is 130 cm³/mol. The minimum Gasteiger partial charge on any atom is -0.354 e. The molecule has 33 heavy (non-hydrogen) atoms.